The zero-order chi connectivity index (χ0) is 23.3. The van der Waals surface area contributed by atoms with Gasteiger partial charge in [0.2, 0.25) is 0 Å². The molecule has 3 aliphatic rings. The van der Waals surface area contributed by atoms with Crippen molar-refractivity contribution in [2.75, 3.05) is 44.2 Å². The molecule has 2 fully saturated rings. The van der Waals surface area contributed by atoms with Gasteiger partial charge in [0.15, 0.2) is 0 Å². The Bertz CT molecular complexity index is 1000. The quantitative estimate of drug-likeness (QED) is 0.688. The molecule has 2 aliphatic carbocycles. The van der Waals surface area contributed by atoms with E-state index in [-0.39, 0.29) is 10.8 Å². The second kappa shape index (κ2) is 8.37. The Morgan fingerprint density at radius 2 is 1.67 bits per heavy atom. The summed E-state index contributed by atoms with van der Waals surface area (Å²) in [7, 11) is 0. The number of rotatable bonds is 6. The van der Waals surface area contributed by atoms with Crippen molar-refractivity contribution in [3.8, 4) is 11.3 Å². The molecule has 2 heterocycles. The molecule has 2 N–H and O–H groups in total. The molecule has 1 saturated heterocycles. The first-order valence-corrected chi connectivity index (χ1v) is 12.6. The summed E-state index contributed by atoms with van der Waals surface area (Å²) in [5, 5.41) is 20.6. The van der Waals surface area contributed by atoms with E-state index in [1.807, 2.05) is 6.92 Å². The van der Waals surface area contributed by atoms with Gasteiger partial charge in [0.05, 0.1) is 11.3 Å². The lowest BCUT2D eigenvalue weighted by Crippen LogP contribution is -2.47. The van der Waals surface area contributed by atoms with Gasteiger partial charge in [0, 0.05) is 38.3 Å². The molecule has 5 heteroatoms. The molecule has 0 radical (unpaired) electrons. The number of pyridine rings is 1. The van der Waals surface area contributed by atoms with Crippen LogP contribution in [0.5, 0.6) is 0 Å². The number of hydrogen-bond acceptors (Lipinski definition) is 5. The van der Waals surface area contributed by atoms with Gasteiger partial charge in [-0.15, -0.1) is 0 Å². The highest BCUT2D eigenvalue weighted by molar-refractivity contribution is 5.64. The second-order valence-corrected chi connectivity index (χ2v) is 11.5. The van der Waals surface area contributed by atoms with Crippen LogP contribution in [0.4, 0.5) is 5.82 Å². The first-order valence-electron chi connectivity index (χ1n) is 12.6. The van der Waals surface area contributed by atoms with Crippen LogP contribution in [0.25, 0.3) is 11.3 Å². The van der Waals surface area contributed by atoms with Crippen LogP contribution in [-0.4, -0.2) is 59.4 Å². The molecular formula is C28H39N3O2. The average molecular weight is 450 g/mol. The number of aliphatic hydroxyl groups excluding tert-OH is 1. The molecule has 1 aromatic carbocycles. The molecule has 2 aromatic rings. The third kappa shape index (κ3) is 4.55. The molecule has 1 saturated carbocycles. The molecule has 5 nitrogen and oxygen atoms in total. The SMILES string of the molecule is CC1(C)CCC(C)(O)c2cc(-c3cccc(N4CCN(CCC5(CO)CC5)CC4)n3)ccc21. The number of piperazine rings is 1. The normalized spacial score (nSPS) is 26.2. The Kier molecular flexibility index (Phi) is 5.79. The summed E-state index contributed by atoms with van der Waals surface area (Å²) in [6.07, 6.45) is 5.28. The average Bonchev–Trinajstić information content (AvgIpc) is 3.62. The van der Waals surface area contributed by atoms with Crippen molar-refractivity contribution in [2.45, 2.75) is 63.9 Å². The summed E-state index contributed by atoms with van der Waals surface area (Å²) in [6, 6.07) is 12.8. The maximum Gasteiger partial charge on any atom is 0.129 e. The molecule has 0 spiro atoms. The molecule has 178 valence electrons. The lowest BCUT2D eigenvalue weighted by atomic mass is 9.67. The fraction of sp³-hybridized carbons (Fsp3) is 0.607. The monoisotopic (exact) mass is 449 g/mol. The fourth-order valence-electron chi connectivity index (χ4n) is 5.58. The summed E-state index contributed by atoms with van der Waals surface area (Å²) in [6.45, 7) is 12.0. The van der Waals surface area contributed by atoms with E-state index < -0.39 is 5.60 Å². The highest BCUT2D eigenvalue weighted by Crippen LogP contribution is 2.48. The molecular weight excluding hydrogens is 410 g/mol. The molecule has 33 heavy (non-hydrogen) atoms. The molecule has 1 atom stereocenters. The Labute approximate surface area is 198 Å². The van der Waals surface area contributed by atoms with Gasteiger partial charge in [-0.1, -0.05) is 32.0 Å². The molecule has 1 aromatic heterocycles. The van der Waals surface area contributed by atoms with Crippen LogP contribution in [-0.2, 0) is 11.0 Å². The van der Waals surface area contributed by atoms with Gasteiger partial charge in [0.25, 0.3) is 0 Å². The molecule has 0 amide bonds. The molecule has 1 aliphatic heterocycles. The minimum absolute atomic E-state index is 0.0847. The number of nitrogens with zero attached hydrogens (tertiary/aromatic N) is 3. The van der Waals surface area contributed by atoms with Crippen molar-refractivity contribution in [1.29, 1.82) is 0 Å². The van der Waals surface area contributed by atoms with Gasteiger partial charge in [-0.2, -0.15) is 0 Å². The summed E-state index contributed by atoms with van der Waals surface area (Å²) < 4.78 is 0. The molecule has 0 bridgehead atoms. The van der Waals surface area contributed by atoms with Crippen molar-refractivity contribution >= 4 is 5.82 Å². The molecule has 5 rings (SSSR count). The number of anilines is 1. The van der Waals surface area contributed by atoms with Crippen LogP contribution >= 0.6 is 0 Å². The van der Waals surface area contributed by atoms with Crippen molar-refractivity contribution in [2.24, 2.45) is 5.41 Å². The maximum absolute atomic E-state index is 11.1. The summed E-state index contributed by atoms with van der Waals surface area (Å²) in [5.41, 5.74) is 3.88. The smallest absolute Gasteiger partial charge is 0.129 e. The van der Waals surface area contributed by atoms with Crippen molar-refractivity contribution in [1.82, 2.24) is 9.88 Å². The number of aliphatic hydroxyl groups is 2. The maximum atomic E-state index is 11.1. The fourth-order valence-corrected chi connectivity index (χ4v) is 5.58. The lowest BCUT2D eigenvalue weighted by Gasteiger charge is -2.41. The van der Waals surface area contributed by atoms with Crippen molar-refractivity contribution in [3.05, 3.63) is 47.5 Å². The lowest BCUT2D eigenvalue weighted by molar-refractivity contribution is 0.0278. The third-order valence-electron chi connectivity index (χ3n) is 8.54. The molecule has 1 unspecified atom stereocenters. The van der Waals surface area contributed by atoms with Crippen LogP contribution in [0.15, 0.2) is 36.4 Å². The van der Waals surface area contributed by atoms with Crippen LogP contribution in [0.2, 0.25) is 0 Å². The number of aromatic nitrogens is 1. The first-order chi connectivity index (χ1) is 15.7. The number of fused-ring (bicyclic) bond motifs is 1. The predicted octanol–water partition coefficient (Wildman–Crippen LogP) is 4.31. The van der Waals surface area contributed by atoms with Gasteiger partial charge in [-0.25, -0.2) is 4.98 Å². The predicted molar refractivity (Wildman–Crippen MR) is 134 cm³/mol. The summed E-state index contributed by atoms with van der Waals surface area (Å²) in [5.74, 6) is 1.03. The van der Waals surface area contributed by atoms with E-state index in [1.54, 1.807) is 0 Å². The zero-order valence-corrected chi connectivity index (χ0v) is 20.5. The van der Waals surface area contributed by atoms with Gasteiger partial charge in [0.1, 0.15) is 5.82 Å². The van der Waals surface area contributed by atoms with E-state index in [1.165, 1.54) is 18.4 Å². The highest BCUT2D eigenvalue weighted by atomic mass is 16.3. The van der Waals surface area contributed by atoms with E-state index in [0.717, 1.165) is 74.6 Å². The van der Waals surface area contributed by atoms with Crippen molar-refractivity contribution < 1.29 is 10.2 Å². The Hall–Kier alpha value is -1.95. The summed E-state index contributed by atoms with van der Waals surface area (Å²) >= 11 is 0. The van der Waals surface area contributed by atoms with Crippen LogP contribution in [0.1, 0.15) is 64.0 Å². The van der Waals surface area contributed by atoms with Crippen LogP contribution in [0.3, 0.4) is 0 Å². The van der Waals surface area contributed by atoms with E-state index in [4.69, 9.17) is 4.98 Å². The van der Waals surface area contributed by atoms with Crippen LogP contribution in [0, 0.1) is 5.41 Å². The van der Waals surface area contributed by atoms with E-state index >= 15 is 0 Å². The number of benzene rings is 1. The Morgan fingerprint density at radius 1 is 0.909 bits per heavy atom. The minimum atomic E-state index is -0.788. The van der Waals surface area contributed by atoms with Crippen LogP contribution < -0.4 is 4.90 Å². The van der Waals surface area contributed by atoms with Crippen molar-refractivity contribution in [3.63, 3.8) is 0 Å². The first kappa shape index (κ1) is 22.8. The van der Waals surface area contributed by atoms with E-state index in [0.29, 0.717) is 6.61 Å². The highest BCUT2D eigenvalue weighted by Gasteiger charge is 2.42. The topological polar surface area (TPSA) is 59.8 Å². The van der Waals surface area contributed by atoms with Gasteiger partial charge >= 0.3 is 0 Å². The van der Waals surface area contributed by atoms with E-state index in [2.05, 4.69) is 60.0 Å². The van der Waals surface area contributed by atoms with E-state index in [9.17, 15) is 10.2 Å². The summed E-state index contributed by atoms with van der Waals surface area (Å²) in [4.78, 5) is 9.94. The zero-order valence-electron chi connectivity index (χ0n) is 20.5. The van der Waals surface area contributed by atoms with Gasteiger partial charge in [-0.05, 0) is 85.7 Å². The van der Waals surface area contributed by atoms with Gasteiger partial charge < -0.3 is 15.1 Å². The number of hydrogen-bond donors (Lipinski definition) is 2. The largest absolute Gasteiger partial charge is 0.396 e. The second-order valence-electron chi connectivity index (χ2n) is 11.5. The van der Waals surface area contributed by atoms with Gasteiger partial charge in [-0.3, -0.25) is 4.90 Å². The Balaban J connectivity index is 1.29. The third-order valence-corrected chi connectivity index (χ3v) is 8.54. The standard InChI is InChI=1S/C28H39N3O2/c1-26(2)9-10-27(3,33)23-19-21(7-8-22(23)26)24-5-4-6-25(29-24)31-17-15-30(16-18-31)14-13-28(20-32)11-12-28/h4-8,19,32-33H,9-18,20H2,1-3H3. The minimum Gasteiger partial charge on any atom is -0.396 e. The Morgan fingerprint density at radius 3 is 2.36 bits per heavy atom.